The van der Waals surface area contributed by atoms with Gasteiger partial charge in [-0.1, -0.05) is 36.8 Å². The summed E-state index contributed by atoms with van der Waals surface area (Å²) in [4.78, 5) is 11.8. The molecular formula is C16H18O2. The van der Waals surface area contributed by atoms with E-state index in [4.69, 9.17) is 4.74 Å². The van der Waals surface area contributed by atoms with Crippen LogP contribution in [0.1, 0.15) is 37.0 Å². The lowest BCUT2D eigenvalue weighted by molar-refractivity contribution is 0.0658. The predicted octanol–water partition coefficient (Wildman–Crippen LogP) is 4.10. The first-order valence-electron chi connectivity index (χ1n) is 6.29. The number of allylic oxidation sites excluding steroid dienone is 3. The minimum atomic E-state index is -0.290. The topological polar surface area (TPSA) is 26.3 Å². The van der Waals surface area contributed by atoms with Gasteiger partial charge in [-0.15, -0.1) is 0 Å². The summed E-state index contributed by atoms with van der Waals surface area (Å²) in [5.41, 5.74) is 3.18. The second-order valence-corrected chi connectivity index (χ2v) is 4.77. The van der Waals surface area contributed by atoms with Crippen molar-refractivity contribution in [1.82, 2.24) is 0 Å². The van der Waals surface area contributed by atoms with Gasteiger partial charge in [0, 0.05) is 0 Å². The minimum Gasteiger partial charge on any atom is -0.431 e. The summed E-state index contributed by atoms with van der Waals surface area (Å²) in [6, 6.07) is 9.06. The van der Waals surface area contributed by atoms with E-state index in [1.165, 1.54) is 11.1 Å². The molecule has 0 saturated carbocycles. The molecule has 2 nitrogen and oxygen atoms in total. The zero-order chi connectivity index (χ0) is 13.0. The van der Waals surface area contributed by atoms with Gasteiger partial charge >= 0.3 is 5.97 Å². The number of ether oxygens (including phenoxy) is 1. The summed E-state index contributed by atoms with van der Waals surface area (Å²) in [6.07, 6.45) is 5.89. The molecule has 2 heteroatoms. The van der Waals surface area contributed by atoms with E-state index in [0.717, 1.165) is 12.8 Å². The smallest absolute Gasteiger partial charge is 0.342 e. The highest BCUT2D eigenvalue weighted by Gasteiger charge is 2.14. The monoisotopic (exact) mass is 242 g/mol. The van der Waals surface area contributed by atoms with Crippen molar-refractivity contribution in [3.8, 4) is 0 Å². The van der Waals surface area contributed by atoms with Crippen molar-refractivity contribution in [2.75, 3.05) is 0 Å². The highest BCUT2D eigenvalue weighted by atomic mass is 16.5. The van der Waals surface area contributed by atoms with Crippen molar-refractivity contribution in [2.24, 2.45) is 5.92 Å². The van der Waals surface area contributed by atoms with Gasteiger partial charge < -0.3 is 4.74 Å². The Morgan fingerprint density at radius 1 is 1.28 bits per heavy atom. The number of rotatable bonds is 2. The molecule has 0 amide bonds. The normalized spacial score (nSPS) is 21.6. The Morgan fingerprint density at radius 3 is 2.67 bits per heavy atom. The molecular weight excluding hydrogens is 224 g/mol. The molecule has 1 unspecified atom stereocenters. The molecule has 0 bridgehead atoms. The maximum Gasteiger partial charge on any atom is 0.342 e. The number of esters is 1. The van der Waals surface area contributed by atoms with E-state index in [-0.39, 0.29) is 5.97 Å². The molecule has 2 rings (SSSR count). The van der Waals surface area contributed by atoms with Crippen LogP contribution in [0.2, 0.25) is 0 Å². The fourth-order valence-corrected chi connectivity index (χ4v) is 2.12. The molecule has 0 radical (unpaired) electrons. The SMILES string of the molecule is CC1=CC(C)/C(=C/OC(=O)c2ccccc2)CC1. The van der Waals surface area contributed by atoms with Gasteiger partial charge in [-0.2, -0.15) is 0 Å². The van der Waals surface area contributed by atoms with Crippen molar-refractivity contribution in [3.05, 3.63) is 59.4 Å². The minimum absolute atomic E-state index is 0.290. The van der Waals surface area contributed by atoms with Gasteiger partial charge in [-0.05, 0) is 43.4 Å². The summed E-state index contributed by atoms with van der Waals surface area (Å²) >= 11 is 0. The maximum absolute atomic E-state index is 11.8. The Bertz CT molecular complexity index is 483. The second kappa shape index (κ2) is 5.67. The lowest BCUT2D eigenvalue weighted by atomic mass is 9.88. The first-order valence-corrected chi connectivity index (χ1v) is 6.29. The maximum atomic E-state index is 11.8. The molecule has 0 heterocycles. The average Bonchev–Trinajstić information content (AvgIpc) is 2.38. The van der Waals surface area contributed by atoms with E-state index in [2.05, 4.69) is 19.9 Å². The summed E-state index contributed by atoms with van der Waals surface area (Å²) in [5.74, 6) is 0.0731. The van der Waals surface area contributed by atoms with E-state index < -0.39 is 0 Å². The molecule has 18 heavy (non-hydrogen) atoms. The zero-order valence-electron chi connectivity index (χ0n) is 10.8. The van der Waals surface area contributed by atoms with Crippen LogP contribution in [0.25, 0.3) is 0 Å². The number of benzene rings is 1. The van der Waals surface area contributed by atoms with E-state index in [1.807, 2.05) is 18.2 Å². The summed E-state index contributed by atoms with van der Waals surface area (Å²) < 4.78 is 5.24. The lowest BCUT2D eigenvalue weighted by Crippen LogP contribution is -2.06. The fraction of sp³-hybridized carbons (Fsp3) is 0.312. The molecule has 1 atom stereocenters. The third-order valence-electron chi connectivity index (χ3n) is 3.25. The number of carbonyl (C=O) groups excluding carboxylic acids is 1. The molecule has 1 aliphatic rings. The first-order chi connectivity index (χ1) is 8.66. The average molecular weight is 242 g/mol. The molecule has 0 aromatic heterocycles. The van der Waals surface area contributed by atoms with E-state index >= 15 is 0 Å². The van der Waals surface area contributed by atoms with Crippen LogP contribution in [0.4, 0.5) is 0 Å². The van der Waals surface area contributed by atoms with Crippen molar-refractivity contribution in [3.63, 3.8) is 0 Å². The Morgan fingerprint density at radius 2 is 2.00 bits per heavy atom. The molecule has 1 aliphatic carbocycles. The van der Waals surface area contributed by atoms with Gasteiger partial charge in [-0.25, -0.2) is 4.79 Å². The van der Waals surface area contributed by atoms with Crippen LogP contribution in [0.3, 0.4) is 0 Å². The Hall–Kier alpha value is -1.83. The Labute approximate surface area is 108 Å². The third-order valence-corrected chi connectivity index (χ3v) is 3.25. The van der Waals surface area contributed by atoms with Crippen molar-refractivity contribution < 1.29 is 9.53 Å². The van der Waals surface area contributed by atoms with Gasteiger partial charge in [0.05, 0.1) is 11.8 Å². The van der Waals surface area contributed by atoms with E-state index in [9.17, 15) is 4.79 Å². The van der Waals surface area contributed by atoms with E-state index in [1.54, 1.807) is 18.4 Å². The Kier molecular flexibility index (Phi) is 3.98. The van der Waals surface area contributed by atoms with Gasteiger partial charge in [-0.3, -0.25) is 0 Å². The predicted molar refractivity (Wildman–Crippen MR) is 72.1 cm³/mol. The molecule has 0 fully saturated rings. The van der Waals surface area contributed by atoms with Gasteiger partial charge in [0.25, 0.3) is 0 Å². The van der Waals surface area contributed by atoms with Crippen LogP contribution in [0.5, 0.6) is 0 Å². The number of hydrogen-bond acceptors (Lipinski definition) is 2. The van der Waals surface area contributed by atoms with Crippen LogP contribution in [0, 0.1) is 5.92 Å². The van der Waals surface area contributed by atoms with E-state index in [0.29, 0.717) is 11.5 Å². The van der Waals surface area contributed by atoms with Crippen molar-refractivity contribution in [1.29, 1.82) is 0 Å². The Balaban J connectivity index is 2.01. The molecule has 94 valence electrons. The summed E-state index contributed by atoms with van der Waals surface area (Å²) in [7, 11) is 0. The van der Waals surface area contributed by atoms with Gasteiger partial charge in [0.15, 0.2) is 0 Å². The quantitative estimate of drug-likeness (QED) is 0.443. The molecule has 0 N–H and O–H groups in total. The summed E-state index contributed by atoms with van der Waals surface area (Å²) in [5, 5.41) is 0. The zero-order valence-corrected chi connectivity index (χ0v) is 10.8. The highest BCUT2D eigenvalue weighted by Crippen LogP contribution is 2.27. The molecule has 0 saturated heterocycles. The highest BCUT2D eigenvalue weighted by molar-refractivity contribution is 5.89. The van der Waals surface area contributed by atoms with Crippen LogP contribution in [-0.4, -0.2) is 5.97 Å². The summed E-state index contributed by atoms with van der Waals surface area (Å²) in [6.45, 7) is 4.27. The van der Waals surface area contributed by atoms with Crippen LogP contribution in [0.15, 0.2) is 53.8 Å². The van der Waals surface area contributed by atoms with Crippen molar-refractivity contribution >= 4 is 5.97 Å². The number of carbonyl (C=O) groups is 1. The van der Waals surface area contributed by atoms with Crippen LogP contribution in [-0.2, 0) is 4.74 Å². The fourth-order valence-electron chi connectivity index (χ4n) is 2.12. The van der Waals surface area contributed by atoms with Crippen LogP contribution < -0.4 is 0 Å². The van der Waals surface area contributed by atoms with Gasteiger partial charge in [0.1, 0.15) is 0 Å². The van der Waals surface area contributed by atoms with Gasteiger partial charge in [0.2, 0.25) is 0 Å². The molecule has 0 spiro atoms. The largest absolute Gasteiger partial charge is 0.431 e. The third kappa shape index (κ3) is 3.10. The standard InChI is InChI=1S/C16H18O2/c1-12-8-9-15(13(2)10-12)11-18-16(17)14-6-4-3-5-7-14/h3-7,10-11,13H,8-9H2,1-2H3/b15-11+. The number of hydrogen-bond donors (Lipinski definition) is 0. The first kappa shape index (κ1) is 12.6. The lowest BCUT2D eigenvalue weighted by Gasteiger charge is -2.19. The molecule has 1 aromatic carbocycles. The second-order valence-electron chi connectivity index (χ2n) is 4.77. The molecule has 1 aromatic rings. The molecule has 0 aliphatic heterocycles. The van der Waals surface area contributed by atoms with Crippen LogP contribution >= 0.6 is 0 Å². The van der Waals surface area contributed by atoms with Crippen molar-refractivity contribution in [2.45, 2.75) is 26.7 Å².